The van der Waals surface area contributed by atoms with E-state index in [0.29, 0.717) is 0 Å². The molecule has 1 aliphatic rings. The summed E-state index contributed by atoms with van der Waals surface area (Å²) in [5, 5.41) is 9.05. The molecular formula is C15H29NO2. The predicted molar refractivity (Wildman–Crippen MR) is 74.7 cm³/mol. The van der Waals surface area contributed by atoms with Gasteiger partial charge in [0.15, 0.2) is 0 Å². The first kappa shape index (κ1) is 15.5. The van der Waals surface area contributed by atoms with Crippen LogP contribution in [-0.4, -0.2) is 35.6 Å². The van der Waals surface area contributed by atoms with E-state index < -0.39 is 11.4 Å². The molecule has 0 aromatic heterocycles. The molecule has 0 aromatic carbocycles. The zero-order valence-electron chi connectivity index (χ0n) is 12.4. The first-order valence-electron chi connectivity index (χ1n) is 7.27. The van der Waals surface area contributed by atoms with Crippen molar-refractivity contribution < 1.29 is 9.90 Å². The zero-order valence-corrected chi connectivity index (χ0v) is 12.4. The molecule has 3 heteroatoms. The van der Waals surface area contributed by atoms with Crippen molar-refractivity contribution in [1.82, 2.24) is 4.90 Å². The number of likely N-dealkylation sites (tertiary alicyclic amines) is 1. The molecule has 3 nitrogen and oxygen atoms in total. The number of nitrogens with zero attached hydrogens (tertiary/aromatic N) is 1. The molecule has 2 atom stereocenters. The van der Waals surface area contributed by atoms with Crippen molar-refractivity contribution >= 4 is 5.97 Å². The fourth-order valence-electron chi connectivity index (χ4n) is 2.98. The zero-order chi connectivity index (χ0) is 13.8. The van der Waals surface area contributed by atoms with Gasteiger partial charge in [0.25, 0.3) is 0 Å². The molecule has 0 bridgehead atoms. The standard InChI is InChI=1S/C15H29NO2/c1-12-9-13(2)11-16(10-12)8-6-5-7-15(3,4)14(17)18/h12-13H,5-11H2,1-4H3,(H,17,18). The van der Waals surface area contributed by atoms with E-state index in [1.54, 1.807) is 0 Å². The minimum atomic E-state index is -0.678. The summed E-state index contributed by atoms with van der Waals surface area (Å²) in [5.41, 5.74) is -0.567. The third-order valence-corrected chi connectivity index (χ3v) is 4.05. The Balaban J connectivity index is 2.20. The molecule has 2 unspecified atom stereocenters. The number of unbranched alkanes of at least 4 members (excludes halogenated alkanes) is 1. The van der Waals surface area contributed by atoms with Gasteiger partial charge >= 0.3 is 5.97 Å². The minimum Gasteiger partial charge on any atom is -0.481 e. The molecule has 106 valence electrons. The van der Waals surface area contributed by atoms with Gasteiger partial charge in [-0.05, 0) is 51.5 Å². The van der Waals surface area contributed by atoms with Crippen molar-refractivity contribution in [3.63, 3.8) is 0 Å². The van der Waals surface area contributed by atoms with Crippen LogP contribution in [0.5, 0.6) is 0 Å². The maximum atomic E-state index is 11.0. The van der Waals surface area contributed by atoms with Crippen molar-refractivity contribution in [2.45, 2.75) is 53.4 Å². The Morgan fingerprint density at radius 2 is 1.78 bits per heavy atom. The Morgan fingerprint density at radius 1 is 1.22 bits per heavy atom. The summed E-state index contributed by atoms with van der Waals surface area (Å²) in [6.07, 6.45) is 4.26. The molecule has 0 saturated carbocycles. The quantitative estimate of drug-likeness (QED) is 0.741. The van der Waals surface area contributed by atoms with Gasteiger partial charge in [0.2, 0.25) is 0 Å². The fourth-order valence-corrected chi connectivity index (χ4v) is 2.98. The van der Waals surface area contributed by atoms with E-state index in [1.807, 2.05) is 13.8 Å². The Kier molecular flexibility index (Phi) is 5.64. The second-order valence-electron chi connectivity index (χ2n) is 6.85. The van der Waals surface area contributed by atoms with Crippen LogP contribution in [0.15, 0.2) is 0 Å². The molecule has 1 fully saturated rings. The normalized spacial score (nSPS) is 26.2. The highest BCUT2D eigenvalue weighted by Gasteiger charge is 2.26. The van der Waals surface area contributed by atoms with Gasteiger partial charge in [-0.3, -0.25) is 4.79 Å². The van der Waals surface area contributed by atoms with Crippen LogP contribution in [0.3, 0.4) is 0 Å². The van der Waals surface area contributed by atoms with E-state index in [1.165, 1.54) is 19.5 Å². The lowest BCUT2D eigenvalue weighted by molar-refractivity contribution is -0.147. The van der Waals surface area contributed by atoms with Gasteiger partial charge in [-0.15, -0.1) is 0 Å². The highest BCUT2D eigenvalue weighted by molar-refractivity contribution is 5.73. The number of aliphatic carboxylic acids is 1. The van der Waals surface area contributed by atoms with Gasteiger partial charge in [0, 0.05) is 13.1 Å². The van der Waals surface area contributed by atoms with E-state index in [0.717, 1.165) is 37.6 Å². The fraction of sp³-hybridized carbons (Fsp3) is 0.933. The Morgan fingerprint density at radius 3 is 2.28 bits per heavy atom. The summed E-state index contributed by atoms with van der Waals surface area (Å²) < 4.78 is 0. The maximum Gasteiger partial charge on any atom is 0.309 e. The Hall–Kier alpha value is -0.570. The summed E-state index contributed by atoms with van der Waals surface area (Å²) in [4.78, 5) is 13.5. The van der Waals surface area contributed by atoms with E-state index in [2.05, 4.69) is 18.7 Å². The van der Waals surface area contributed by atoms with E-state index in [-0.39, 0.29) is 0 Å². The highest BCUT2D eigenvalue weighted by Crippen LogP contribution is 2.24. The lowest BCUT2D eigenvalue weighted by Crippen LogP contribution is -2.39. The molecule has 0 radical (unpaired) electrons. The van der Waals surface area contributed by atoms with E-state index in [9.17, 15) is 4.79 Å². The van der Waals surface area contributed by atoms with Crippen LogP contribution in [-0.2, 0) is 4.79 Å². The lowest BCUT2D eigenvalue weighted by atomic mass is 9.87. The van der Waals surface area contributed by atoms with Gasteiger partial charge in [0.05, 0.1) is 5.41 Å². The van der Waals surface area contributed by atoms with Crippen molar-refractivity contribution in [2.75, 3.05) is 19.6 Å². The number of carboxylic acids is 1. The number of piperidine rings is 1. The van der Waals surface area contributed by atoms with Crippen LogP contribution in [0.25, 0.3) is 0 Å². The summed E-state index contributed by atoms with van der Waals surface area (Å²) in [5.74, 6) is 0.941. The van der Waals surface area contributed by atoms with Crippen molar-refractivity contribution in [3.05, 3.63) is 0 Å². The lowest BCUT2D eigenvalue weighted by Gasteiger charge is -2.35. The topological polar surface area (TPSA) is 40.5 Å². The molecule has 1 heterocycles. The van der Waals surface area contributed by atoms with Crippen molar-refractivity contribution in [2.24, 2.45) is 17.3 Å². The molecule has 1 saturated heterocycles. The summed E-state index contributed by atoms with van der Waals surface area (Å²) in [6.45, 7) is 11.9. The average molecular weight is 255 g/mol. The van der Waals surface area contributed by atoms with Gasteiger partial charge in [-0.2, -0.15) is 0 Å². The van der Waals surface area contributed by atoms with Crippen LogP contribution in [0.2, 0.25) is 0 Å². The maximum absolute atomic E-state index is 11.0. The number of hydrogen-bond acceptors (Lipinski definition) is 2. The second kappa shape index (κ2) is 6.55. The molecule has 0 amide bonds. The number of hydrogen-bond donors (Lipinski definition) is 1. The van der Waals surface area contributed by atoms with Gasteiger partial charge in [0.1, 0.15) is 0 Å². The van der Waals surface area contributed by atoms with Gasteiger partial charge < -0.3 is 10.0 Å². The highest BCUT2D eigenvalue weighted by atomic mass is 16.4. The van der Waals surface area contributed by atoms with Crippen LogP contribution < -0.4 is 0 Å². The van der Waals surface area contributed by atoms with Crippen LogP contribution >= 0.6 is 0 Å². The molecule has 0 aromatic rings. The summed E-state index contributed by atoms with van der Waals surface area (Å²) in [6, 6.07) is 0. The van der Waals surface area contributed by atoms with Crippen molar-refractivity contribution in [1.29, 1.82) is 0 Å². The third kappa shape index (κ3) is 4.97. The smallest absolute Gasteiger partial charge is 0.309 e. The molecule has 0 aliphatic carbocycles. The largest absolute Gasteiger partial charge is 0.481 e. The second-order valence-corrected chi connectivity index (χ2v) is 6.85. The third-order valence-electron chi connectivity index (χ3n) is 4.05. The average Bonchev–Trinajstić information content (AvgIpc) is 2.23. The number of rotatable bonds is 6. The Bertz CT molecular complexity index is 266. The summed E-state index contributed by atoms with van der Waals surface area (Å²) in [7, 11) is 0. The molecule has 1 rings (SSSR count). The SMILES string of the molecule is CC1CC(C)CN(CCCCC(C)(C)C(=O)O)C1. The molecule has 0 spiro atoms. The van der Waals surface area contributed by atoms with Gasteiger partial charge in [-0.1, -0.05) is 20.3 Å². The minimum absolute atomic E-state index is 0.567. The van der Waals surface area contributed by atoms with Gasteiger partial charge in [-0.25, -0.2) is 0 Å². The summed E-state index contributed by atoms with van der Waals surface area (Å²) >= 11 is 0. The number of carbonyl (C=O) groups is 1. The van der Waals surface area contributed by atoms with Crippen LogP contribution in [0.4, 0.5) is 0 Å². The first-order valence-corrected chi connectivity index (χ1v) is 7.27. The van der Waals surface area contributed by atoms with Crippen LogP contribution in [0.1, 0.15) is 53.4 Å². The monoisotopic (exact) mass is 255 g/mol. The molecular weight excluding hydrogens is 226 g/mol. The molecule has 18 heavy (non-hydrogen) atoms. The van der Waals surface area contributed by atoms with E-state index >= 15 is 0 Å². The van der Waals surface area contributed by atoms with Crippen molar-refractivity contribution in [3.8, 4) is 0 Å². The molecule has 1 aliphatic heterocycles. The Labute approximate surface area is 112 Å². The van der Waals surface area contributed by atoms with E-state index in [4.69, 9.17) is 5.11 Å². The van der Waals surface area contributed by atoms with Crippen LogP contribution in [0, 0.1) is 17.3 Å². The predicted octanol–water partition coefficient (Wildman–Crippen LogP) is 3.25. The first-order chi connectivity index (χ1) is 8.31. The molecule has 1 N–H and O–H groups in total. The number of carboxylic acid groups (broad SMARTS) is 1.